The second-order valence-corrected chi connectivity index (χ2v) is 6.80. The summed E-state index contributed by atoms with van der Waals surface area (Å²) in [6, 6.07) is 10.6. The van der Waals surface area contributed by atoms with Crippen LogP contribution in [0.1, 0.15) is 18.7 Å². The molecular weight excluding hydrogens is 340 g/mol. The van der Waals surface area contributed by atoms with Gasteiger partial charge in [-0.05, 0) is 38.0 Å². The molecule has 1 aliphatic rings. The van der Waals surface area contributed by atoms with E-state index in [1.54, 1.807) is 16.9 Å². The van der Waals surface area contributed by atoms with Crippen LogP contribution in [0.25, 0.3) is 11.3 Å². The lowest BCUT2D eigenvalue weighted by atomic mass is 10.2. The summed E-state index contributed by atoms with van der Waals surface area (Å²) in [5.41, 5.74) is 9.68. The van der Waals surface area contributed by atoms with Crippen LogP contribution in [-0.4, -0.2) is 30.2 Å². The molecule has 0 saturated heterocycles. The maximum atomic E-state index is 6.03. The fraction of sp³-hybridized carbons (Fsp3) is 0.211. The summed E-state index contributed by atoms with van der Waals surface area (Å²) in [4.78, 5) is 8.67. The highest BCUT2D eigenvalue weighted by atomic mass is 15.3. The average Bonchev–Trinajstić information content (AvgIpc) is 3.25. The molecule has 0 atom stereocenters. The first-order chi connectivity index (χ1) is 13.2. The Labute approximate surface area is 156 Å². The van der Waals surface area contributed by atoms with Crippen molar-refractivity contribution in [1.29, 1.82) is 0 Å². The Morgan fingerprint density at radius 2 is 2.07 bits per heavy atom. The van der Waals surface area contributed by atoms with Crippen molar-refractivity contribution in [3.63, 3.8) is 0 Å². The average molecular weight is 360 g/mol. The summed E-state index contributed by atoms with van der Waals surface area (Å²) in [5.74, 6) is 2.15. The van der Waals surface area contributed by atoms with Crippen molar-refractivity contribution in [1.82, 2.24) is 24.1 Å². The van der Waals surface area contributed by atoms with E-state index >= 15 is 0 Å². The van der Waals surface area contributed by atoms with E-state index in [9.17, 15) is 0 Å². The molecule has 3 aromatic heterocycles. The monoisotopic (exact) mass is 360 g/mol. The summed E-state index contributed by atoms with van der Waals surface area (Å²) < 4.78 is 3.70. The number of nitrogen functional groups attached to an aromatic ring is 1. The molecule has 3 heterocycles. The van der Waals surface area contributed by atoms with Crippen molar-refractivity contribution < 1.29 is 0 Å². The molecule has 136 valence electrons. The van der Waals surface area contributed by atoms with Crippen molar-refractivity contribution in [3.8, 4) is 5.69 Å². The number of rotatable bonds is 5. The van der Waals surface area contributed by atoms with Crippen LogP contribution in [-0.2, 0) is 0 Å². The second-order valence-electron chi connectivity index (χ2n) is 6.80. The molecule has 1 fully saturated rings. The lowest BCUT2D eigenvalue weighted by molar-refractivity contribution is 0.948. The van der Waals surface area contributed by atoms with Gasteiger partial charge in [0, 0.05) is 35.9 Å². The Balaban J connectivity index is 1.51. The van der Waals surface area contributed by atoms with Gasteiger partial charge in [-0.2, -0.15) is 4.52 Å². The Morgan fingerprint density at radius 3 is 2.85 bits per heavy atom. The van der Waals surface area contributed by atoms with Gasteiger partial charge < -0.3 is 20.9 Å². The largest absolute Gasteiger partial charge is 0.382 e. The zero-order valence-corrected chi connectivity index (χ0v) is 14.9. The predicted octanol–water partition coefficient (Wildman–Crippen LogP) is 3.12. The summed E-state index contributed by atoms with van der Waals surface area (Å²) in [6.07, 6.45) is 7.73. The van der Waals surface area contributed by atoms with Gasteiger partial charge in [0.05, 0.1) is 11.9 Å². The zero-order chi connectivity index (χ0) is 18.4. The van der Waals surface area contributed by atoms with Crippen LogP contribution in [0.3, 0.4) is 0 Å². The van der Waals surface area contributed by atoms with Gasteiger partial charge >= 0.3 is 0 Å². The molecule has 4 aromatic rings. The van der Waals surface area contributed by atoms with Crippen LogP contribution in [0, 0.1) is 6.92 Å². The molecule has 1 saturated carbocycles. The highest BCUT2D eigenvalue weighted by Crippen LogP contribution is 2.29. The number of aromatic nitrogens is 5. The molecule has 8 heteroatoms. The predicted molar refractivity (Wildman–Crippen MR) is 106 cm³/mol. The van der Waals surface area contributed by atoms with Crippen LogP contribution in [0.2, 0.25) is 0 Å². The fourth-order valence-corrected chi connectivity index (χ4v) is 3.13. The van der Waals surface area contributed by atoms with E-state index in [1.807, 2.05) is 42.0 Å². The highest BCUT2D eigenvalue weighted by molar-refractivity contribution is 5.74. The first-order valence-corrected chi connectivity index (χ1v) is 8.95. The molecule has 0 radical (unpaired) electrons. The molecule has 8 nitrogen and oxygen atoms in total. The lowest BCUT2D eigenvalue weighted by Crippen LogP contribution is -2.08. The SMILES string of the molecule is Cc1nccn1-c1cccc(Nc2cc(NC3CC3)c3ncc(N)n3n2)c1. The molecule has 0 aliphatic heterocycles. The molecule has 0 spiro atoms. The number of imidazole rings is 2. The van der Waals surface area contributed by atoms with Crippen molar-refractivity contribution in [2.24, 2.45) is 0 Å². The topological polar surface area (TPSA) is 98.1 Å². The van der Waals surface area contributed by atoms with Gasteiger partial charge in [0.15, 0.2) is 11.5 Å². The van der Waals surface area contributed by atoms with E-state index in [0.717, 1.165) is 28.5 Å². The van der Waals surface area contributed by atoms with Gasteiger partial charge in [-0.1, -0.05) is 6.07 Å². The third-order valence-corrected chi connectivity index (χ3v) is 4.65. The Morgan fingerprint density at radius 1 is 1.19 bits per heavy atom. The molecule has 1 aliphatic carbocycles. The van der Waals surface area contributed by atoms with E-state index < -0.39 is 0 Å². The second kappa shape index (κ2) is 6.01. The minimum atomic E-state index is 0.509. The minimum absolute atomic E-state index is 0.509. The van der Waals surface area contributed by atoms with Crippen LogP contribution in [0.4, 0.5) is 23.0 Å². The number of nitrogens with zero attached hydrogens (tertiary/aromatic N) is 5. The van der Waals surface area contributed by atoms with E-state index in [-0.39, 0.29) is 0 Å². The Hall–Kier alpha value is -3.55. The Bertz CT molecular complexity index is 1120. The number of fused-ring (bicyclic) bond motifs is 1. The summed E-state index contributed by atoms with van der Waals surface area (Å²) in [7, 11) is 0. The highest BCUT2D eigenvalue weighted by Gasteiger charge is 2.23. The van der Waals surface area contributed by atoms with Gasteiger partial charge in [0.25, 0.3) is 0 Å². The third-order valence-electron chi connectivity index (χ3n) is 4.65. The molecule has 5 rings (SSSR count). The molecular formula is C19H20N8. The molecule has 0 amide bonds. The molecule has 0 bridgehead atoms. The molecule has 4 N–H and O–H groups in total. The van der Waals surface area contributed by atoms with Gasteiger partial charge in [0.2, 0.25) is 0 Å². The van der Waals surface area contributed by atoms with Crippen LogP contribution < -0.4 is 16.4 Å². The summed E-state index contributed by atoms with van der Waals surface area (Å²) in [5, 5.41) is 11.5. The van der Waals surface area contributed by atoms with Crippen molar-refractivity contribution >= 4 is 28.7 Å². The maximum Gasteiger partial charge on any atom is 0.179 e. The third kappa shape index (κ3) is 2.95. The molecule has 27 heavy (non-hydrogen) atoms. The van der Waals surface area contributed by atoms with Crippen LogP contribution in [0.15, 0.2) is 48.9 Å². The summed E-state index contributed by atoms with van der Waals surface area (Å²) >= 11 is 0. The van der Waals surface area contributed by atoms with E-state index in [2.05, 4.69) is 31.8 Å². The number of hydrogen-bond donors (Lipinski definition) is 3. The van der Waals surface area contributed by atoms with Crippen molar-refractivity contribution in [2.75, 3.05) is 16.4 Å². The standard InChI is InChI=1S/C19H20N8/c1-12-21-7-8-26(12)15-4-2-3-14(9-15)24-18-10-16(23-13-5-6-13)19-22-11-17(20)27(19)25-18/h2-4,7-11,13,23H,5-6,20H2,1H3,(H,24,25). The Kier molecular flexibility index (Phi) is 3.49. The first-order valence-electron chi connectivity index (χ1n) is 8.95. The van der Waals surface area contributed by atoms with Gasteiger partial charge in [-0.3, -0.25) is 0 Å². The summed E-state index contributed by atoms with van der Waals surface area (Å²) in [6.45, 7) is 1.98. The van der Waals surface area contributed by atoms with Crippen LogP contribution in [0.5, 0.6) is 0 Å². The van der Waals surface area contributed by atoms with Crippen molar-refractivity contribution in [2.45, 2.75) is 25.8 Å². The van der Waals surface area contributed by atoms with Gasteiger partial charge in [-0.25, -0.2) is 9.97 Å². The van der Waals surface area contributed by atoms with E-state index in [1.165, 1.54) is 12.8 Å². The van der Waals surface area contributed by atoms with E-state index in [0.29, 0.717) is 17.7 Å². The number of benzene rings is 1. The zero-order valence-electron chi connectivity index (χ0n) is 14.9. The maximum absolute atomic E-state index is 6.03. The quantitative estimate of drug-likeness (QED) is 0.506. The normalized spacial score (nSPS) is 13.8. The number of nitrogens with two attached hydrogens (primary N) is 1. The number of aryl methyl sites for hydroxylation is 1. The minimum Gasteiger partial charge on any atom is -0.382 e. The number of nitrogens with one attached hydrogen (secondary N) is 2. The van der Waals surface area contributed by atoms with Gasteiger partial charge in [0.1, 0.15) is 11.6 Å². The smallest absolute Gasteiger partial charge is 0.179 e. The van der Waals surface area contributed by atoms with Gasteiger partial charge in [-0.15, -0.1) is 5.10 Å². The molecule has 1 aromatic carbocycles. The molecule has 0 unspecified atom stereocenters. The number of anilines is 4. The van der Waals surface area contributed by atoms with Crippen LogP contribution >= 0.6 is 0 Å². The van der Waals surface area contributed by atoms with Crippen molar-refractivity contribution in [3.05, 3.63) is 54.7 Å². The van der Waals surface area contributed by atoms with E-state index in [4.69, 9.17) is 5.73 Å². The first kappa shape index (κ1) is 15.7. The lowest BCUT2D eigenvalue weighted by Gasteiger charge is -2.12. The fourth-order valence-electron chi connectivity index (χ4n) is 3.13. The number of hydrogen-bond acceptors (Lipinski definition) is 6.